The number of hydrogen-bond donors (Lipinski definition) is 8. The molecule has 2 aliphatic carbocycles. The number of benzene rings is 2. The first-order valence-corrected chi connectivity index (χ1v) is 24.1. The molecule has 2 aromatic carbocycles. The molecule has 2 aliphatic rings. The number of anilines is 2. The van der Waals surface area contributed by atoms with Gasteiger partial charge in [-0.05, 0) is 183 Å². The zero-order chi connectivity index (χ0) is 53.9. The highest BCUT2D eigenvalue weighted by atomic mass is 16.6. The minimum atomic E-state index is -0.775. The van der Waals surface area contributed by atoms with Gasteiger partial charge in [0.05, 0.1) is 0 Å². The molecule has 0 atom stereocenters. The molecule has 0 radical (unpaired) electrons. The van der Waals surface area contributed by atoms with Crippen molar-refractivity contribution in [1.29, 1.82) is 0 Å². The van der Waals surface area contributed by atoms with E-state index in [1.54, 1.807) is 24.3 Å². The van der Waals surface area contributed by atoms with Crippen molar-refractivity contribution in [3.63, 3.8) is 0 Å². The Morgan fingerprint density at radius 2 is 0.653 bits per heavy atom. The second-order valence-corrected chi connectivity index (χ2v) is 21.7. The number of esters is 4. The molecule has 72 heavy (non-hydrogen) atoms. The van der Waals surface area contributed by atoms with Crippen molar-refractivity contribution in [3.8, 4) is 11.5 Å². The Hall–Kier alpha value is -7.12. The summed E-state index contributed by atoms with van der Waals surface area (Å²) in [5.74, 6) is -2.24. The molecule has 0 unspecified atom stereocenters. The average molecular weight is 1010 g/mol. The van der Waals surface area contributed by atoms with Crippen molar-refractivity contribution in [1.82, 2.24) is 31.9 Å². The second kappa shape index (κ2) is 26.9. The van der Waals surface area contributed by atoms with Crippen molar-refractivity contribution < 1.29 is 57.3 Å². The highest BCUT2D eigenvalue weighted by Gasteiger charge is 2.28. The third kappa shape index (κ3) is 26.7. The zero-order valence-electron chi connectivity index (χ0n) is 43.8. The predicted octanol–water partition coefficient (Wildman–Crippen LogP) is 8.04. The monoisotopic (exact) mass is 1000 g/mol. The third-order valence-corrected chi connectivity index (χ3v) is 9.91. The van der Waals surface area contributed by atoms with E-state index in [9.17, 15) is 38.4 Å². The summed E-state index contributed by atoms with van der Waals surface area (Å²) >= 11 is 0. The standard InChI is InChI=1S/C26H44N4O6.C26H32N4O6/c2*1-25(2,3)29-23(33)27-17-7-11-19(12-8-17)35-21(31)15-16-22(32)36-20-13-9-18(10-14-20)28-24(34)30-26(4,5)6/h15-20H,7-14H2,1-6H3,(H2,27,29,33)(H2,28,30,34);7-16H,1-6H3,(H2,27,29,33)(H2,28,30,34)/b2*16-15+. The molecule has 4 rings (SSSR count). The molecule has 8 amide bonds. The summed E-state index contributed by atoms with van der Waals surface area (Å²) in [6, 6.07) is 11.3. The molecule has 0 aliphatic heterocycles. The molecule has 20 nitrogen and oxygen atoms in total. The van der Waals surface area contributed by atoms with Crippen molar-refractivity contribution in [2.45, 2.75) is 181 Å². The van der Waals surface area contributed by atoms with Crippen molar-refractivity contribution in [2.75, 3.05) is 10.6 Å². The van der Waals surface area contributed by atoms with E-state index in [4.69, 9.17) is 18.9 Å². The van der Waals surface area contributed by atoms with Gasteiger partial charge in [0.15, 0.2) is 0 Å². The molecular formula is C52H76N8O12. The van der Waals surface area contributed by atoms with Gasteiger partial charge in [0.2, 0.25) is 0 Å². The van der Waals surface area contributed by atoms with E-state index in [0.717, 1.165) is 50.0 Å². The topological polar surface area (TPSA) is 270 Å². The van der Waals surface area contributed by atoms with Gasteiger partial charge in [0.25, 0.3) is 0 Å². The number of carbonyl (C=O) groups excluding carboxylic acids is 8. The normalized spacial score (nSPS) is 18.2. The van der Waals surface area contributed by atoms with Crippen LogP contribution in [0, 0.1) is 0 Å². The molecule has 20 heteroatoms. The lowest BCUT2D eigenvalue weighted by molar-refractivity contribution is -0.147. The predicted molar refractivity (Wildman–Crippen MR) is 273 cm³/mol. The number of ether oxygens (including phenoxy) is 4. The molecule has 2 fully saturated rings. The lowest BCUT2D eigenvalue weighted by Crippen LogP contribution is -2.50. The fraction of sp³-hybridized carbons (Fsp3) is 0.538. The Balaban J connectivity index is 0.000000380. The molecule has 0 aromatic heterocycles. The molecule has 2 saturated carbocycles. The van der Waals surface area contributed by atoms with E-state index in [1.807, 2.05) is 83.1 Å². The van der Waals surface area contributed by atoms with Gasteiger partial charge in [-0.25, -0.2) is 38.4 Å². The van der Waals surface area contributed by atoms with Crippen LogP contribution in [0.3, 0.4) is 0 Å². The first kappa shape index (κ1) is 59.2. The number of urea groups is 4. The van der Waals surface area contributed by atoms with Crippen LogP contribution in [0.25, 0.3) is 0 Å². The van der Waals surface area contributed by atoms with Crippen LogP contribution < -0.4 is 52.0 Å². The Kier molecular flexibility index (Phi) is 22.1. The number of nitrogens with one attached hydrogen (secondary N) is 8. The highest BCUT2D eigenvalue weighted by molar-refractivity contribution is 5.94. The molecule has 396 valence electrons. The molecule has 8 N–H and O–H groups in total. The maximum absolute atomic E-state index is 12.1. The first-order valence-electron chi connectivity index (χ1n) is 24.1. The molecule has 0 bridgehead atoms. The summed E-state index contributed by atoms with van der Waals surface area (Å²) in [6.07, 6.45) is 9.09. The smallest absolute Gasteiger partial charge is 0.336 e. The summed E-state index contributed by atoms with van der Waals surface area (Å²) in [4.78, 5) is 96.0. The minimum absolute atomic E-state index is 0.0472. The Bertz CT molecular complexity index is 2060. The lowest BCUT2D eigenvalue weighted by atomic mass is 9.93. The Morgan fingerprint density at radius 1 is 0.389 bits per heavy atom. The van der Waals surface area contributed by atoms with Crippen molar-refractivity contribution in [2.24, 2.45) is 0 Å². The number of carbonyl (C=O) groups is 8. The van der Waals surface area contributed by atoms with Crippen molar-refractivity contribution in [3.05, 3.63) is 72.8 Å². The van der Waals surface area contributed by atoms with E-state index >= 15 is 0 Å². The van der Waals surface area contributed by atoms with Crippen LogP contribution in [0.5, 0.6) is 11.5 Å². The van der Waals surface area contributed by atoms with Crippen LogP contribution in [0.2, 0.25) is 0 Å². The van der Waals surface area contributed by atoms with E-state index in [0.29, 0.717) is 37.1 Å². The van der Waals surface area contributed by atoms with Gasteiger partial charge in [0.1, 0.15) is 23.7 Å². The van der Waals surface area contributed by atoms with Gasteiger partial charge in [0, 0.05) is 69.9 Å². The summed E-state index contributed by atoms with van der Waals surface area (Å²) in [7, 11) is 0. The molecular weight excluding hydrogens is 929 g/mol. The quantitative estimate of drug-likeness (QED) is 0.0570. The van der Waals surface area contributed by atoms with Gasteiger partial charge in [-0.15, -0.1) is 0 Å². The lowest BCUT2D eigenvalue weighted by Gasteiger charge is -2.30. The van der Waals surface area contributed by atoms with Gasteiger partial charge in [-0.1, -0.05) is 0 Å². The van der Waals surface area contributed by atoms with Crippen molar-refractivity contribution >= 4 is 59.4 Å². The van der Waals surface area contributed by atoms with Gasteiger partial charge in [-0.3, -0.25) is 0 Å². The summed E-state index contributed by atoms with van der Waals surface area (Å²) in [6.45, 7) is 22.7. The SMILES string of the molecule is CC(C)(C)NC(=O)NC1CCC(OC(=O)/C=C/C(=O)OC2CCC(NC(=O)NC(C)(C)C)CC2)CC1.CC(C)(C)NC(=O)Nc1ccc(OC(=O)/C=C/C(=O)Oc2ccc(NC(=O)NC(C)(C)C)cc2)cc1. The van der Waals surface area contributed by atoms with Crippen LogP contribution in [0.1, 0.15) is 134 Å². The van der Waals surface area contributed by atoms with Crippen LogP contribution >= 0.6 is 0 Å². The molecule has 2 aromatic rings. The summed E-state index contributed by atoms with van der Waals surface area (Å²) < 4.78 is 21.2. The number of rotatable bonds is 12. The van der Waals surface area contributed by atoms with Crippen LogP contribution in [-0.4, -0.2) is 94.4 Å². The number of hydrogen-bond acceptors (Lipinski definition) is 12. The summed E-state index contributed by atoms with van der Waals surface area (Å²) in [5.41, 5.74) is -0.315. The van der Waals surface area contributed by atoms with Crippen LogP contribution in [-0.2, 0) is 28.7 Å². The molecule has 0 saturated heterocycles. The molecule has 0 spiro atoms. The van der Waals surface area contributed by atoms with Crippen LogP contribution in [0.4, 0.5) is 30.6 Å². The fourth-order valence-corrected chi connectivity index (χ4v) is 6.97. The van der Waals surface area contributed by atoms with Gasteiger partial charge < -0.3 is 61.5 Å². The highest BCUT2D eigenvalue weighted by Crippen LogP contribution is 2.24. The van der Waals surface area contributed by atoms with Gasteiger partial charge in [-0.2, -0.15) is 0 Å². The largest absolute Gasteiger partial charge is 0.459 e. The van der Waals surface area contributed by atoms with E-state index in [1.165, 1.54) is 24.3 Å². The Morgan fingerprint density at radius 3 is 0.931 bits per heavy atom. The Labute approximate surface area is 423 Å². The minimum Gasteiger partial charge on any atom is -0.459 e. The maximum Gasteiger partial charge on any atom is 0.336 e. The van der Waals surface area contributed by atoms with Gasteiger partial charge >= 0.3 is 48.0 Å². The third-order valence-electron chi connectivity index (χ3n) is 9.91. The average Bonchev–Trinajstić information content (AvgIpc) is 3.22. The summed E-state index contributed by atoms with van der Waals surface area (Å²) in [5, 5.41) is 22.6. The van der Waals surface area contributed by atoms with E-state index in [-0.39, 0.29) is 82.1 Å². The van der Waals surface area contributed by atoms with E-state index < -0.39 is 23.9 Å². The fourth-order valence-electron chi connectivity index (χ4n) is 6.97. The van der Waals surface area contributed by atoms with E-state index in [2.05, 4.69) is 42.5 Å². The molecule has 0 heterocycles. The number of amides is 8. The first-order chi connectivity index (χ1) is 33.4. The second-order valence-electron chi connectivity index (χ2n) is 21.7. The maximum atomic E-state index is 12.1. The zero-order valence-corrected chi connectivity index (χ0v) is 43.8. The van der Waals surface area contributed by atoms with Crippen LogP contribution in [0.15, 0.2) is 72.8 Å².